The Hall–Kier alpha value is -2.78. The topological polar surface area (TPSA) is 115 Å². The molecule has 1 amide bonds. The van der Waals surface area contributed by atoms with Crippen LogP contribution in [0.3, 0.4) is 0 Å². The molecule has 2 aromatic rings. The van der Waals surface area contributed by atoms with Crippen LogP contribution in [0.2, 0.25) is 5.02 Å². The first-order valence-electron chi connectivity index (χ1n) is 9.55. The molecule has 31 heavy (non-hydrogen) atoms. The fourth-order valence-corrected chi connectivity index (χ4v) is 4.05. The first-order chi connectivity index (χ1) is 14.2. The van der Waals surface area contributed by atoms with E-state index in [9.17, 15) is 20.0 Å². The molecule has 0 saturated heterocycles. The van der Waals surface area contributed by atoms with Gasteiger partial charge in [-0.1, -0.05) is 23.7 Å². The van der Waals surface area contributed by atoms with Crippen LogP contribution in [0.5, 0.6) is 0 Å². The summed E-state index contributed by atoms with van der Waals surface area (Å²) in [5.74, 6) is -0.673. The fourth-order valence-electron chi connectivity index (χ4n) is 3.78. The normalized spacial score (nSPS) is 23.1. The molecule has 0 radical (unpaired) electrons. The van der Waals surface area contributed by atoms with E-state index in [0.717, 1.165) is 12.3 Å². The Morgan fingerprint density at radius 3 is 2.48 bits per heavy atom. The zero-order valence-electron chi connectivity index (χ0n) is 17.5. The maximum Gasteiger partial charge on any atom is 0.408 e. The van der Waals surface area contributed by atoms with E-state index in [2.05, 4.69) is 10.3 Å². The highest BCUT2D eigenvalue weighted by Crippen LogP contribution is 2.52. The maximum atomic E-state index is 15.2. The quantitative estimate of drug-likeness (QED) is 0.513. The van der Waals surface area contributed by atoms with Crippen molar-refractivity contribution in [3.05, 3.63) is 57.0 Å². The van der Waals surface area contributed by atoms with E-state index in [4.69, 9.17) is 16.3 Å². The lowest BCUT2D eigenvalue weighted by Crippen LogP contribution is -2.57. The predicted molar refractivity (Wildman–Crippen MR) is 112 cm³/mol. The highest BCUT2D eigenvalue weighted by Gasteiger charge is 2.56. The van der Waals surface area contributed by atoms with Gasteiger partial charge in [0.05, 0.1) is 21.2 Å². The Kier molecular flexibility index (Phi) is 5.70. The third-order valence-electron chi connectivity index (χ3n) is 4.87. The van der Waals surface area contributed by atoms with E-state index in [1.54, 1.807) is 27.7 Å². The van der Waals surface area contributed by atoms with Crippen LogP contribution >= 0.6 is 11.6 Å². The molecule has 1 aliphatic rings. The molecule has 2 N–H and O–H groups in total. The minimum Gasteiger partial charge on any atom is -0.438 e. The molecule has 1 fully saturated rings. The summed E-state index contributed by atoms with van der Waals surface area (Å²) in [5.41, 5.74) is -2.65. The molecule has 8 nitrogen and oxygen atoms in total. The fraction of sp³-hybridized carbons (Fsp3) is 0.429. The van der Waals surface area contributed by atoms with Gasteiger partial charge in [0, 0.05) is 35.6 Å². The third kappa shape index (κ3) is 4.94. The number of pyridine rings is 1. The average Bonchev–Trinajstić information content (AvgIpc) is 2.57. The van der Waals surface area contributed by atoms with Gasteiger partial charge in [-0.05, 0) is 33.8 Å². The molecule has 1 aromatic heterocycles. The maximum absolute atomic E-state index is 15.2. The van der Waals surface area contributed by atoms with Crippen LogP contribution in [0.1, 0.15) is 46.1 Å². The van der Waals surface area contributed by atoms with E-state index < -0.39 is 33.6 Å². The molecule has 0 aliphatic heterocycles. The summed E-state index contributed by atoms with van der Waals surface area (Å²) in [6.07, 6.45) is 0.387. The standard InChI is InChI=1S/C21H23ClFN3O5/c1-19(2,3)25-18(27)31-21(10-20(4,28)11-21)14-6-5-12(7-16(14)23)17-15(22)8-13(9-24-17)26(29)30/h5-9,28H,10-11H2,1-4H3,(H,25,27). The monoisotopic (exact) mass is 451 g/mol. The molecule has 3 rings (SSSR count). The van der Waals surface area contributed by atoms with Crippen molar-refractivity contribution in [1.29, 1.82) is 0 Å². The van der Waals surface area contributed by atoms with Gasteiger partial charge >= 0.3 is 6.09 Å². The molecule has 1 aliphatic carbocycles. The van der Waals surface area contributed by atoms with E-state index in [-0.39, 0.29) is 34.8 Å². The van der Waals surface area contributed by atoms with Crippen LogP contribution in [0.4, 0.5) is 14.9 Å². The van der Waals surface area contributed by atoms with Crippen LogP contribution in [-0.2, 0) is 10.3 Å². The molecular formula is C21H23ClFN3O5. The number of carbonyl (C=O) groups is 1. The molecule has 1 aromatic carbocycles. The van der Waals surface area contributed by atoms with E-state index in [0.29, 0.717) is 5.56 Å². The van der Waals surface area contributed by atoms with Crippen LogP contribution in [0.25, 0.3) is 11.3 Å². The van der Waals surface area contributed by atoms with Crippen molar-refractivity contribution >= 4 is 23.4 Å². The van der Waals surface area contributed by atoms with Crippen molar-refractivity contribution in [3.8, 4) is 11.3 Å². The number of alkyl carbamates (subject to hydrolysis) is 1. The molecular weight excluding hydrogens is 429 g/mol. The number of amides is 1. The summed E-state index contributed by atoms with van der Waals surface area (Å²) < 4.78 is 20.8. The van der Waals surface area contributed by atoms with Gasteiger partial charge in [-0.3, -0.25) is 10.1 Å². The molecule has 1 saturated carbocycles. The van der Waals surface area contributed by atoms with Crippen LogP contribution in [-0.4, -0.2) is 32.2 Å². The van der Waals surface area contributed by atoms with Crippen molar-refractivity contribution in [2.75, 3.05) is 0 Å². The van der Waals surface area contributed by atoms with E-state index >= 15 is 4.39 Å². The number of nitrogens with one attached hydrogen (secondary N) is 1. The number of halogens is 2. The molecule has 0 atom stereocenters. The first-order valence-corrected chi connectivity index (χ1v) is 9.93. The predicted octanol–water partition coefficient (Wildman–Crippen LogP) is 4.71. The lowest BCUT2D eigenvalue weighted by molar-refractivity contribution is -0.385. The lowest BCUT2D eigenvalue weighted by atomic mass is 9.64. The number of benzene rings is 1. The number of aromatic nitrogens is 1. The summed E-state index contributed by atoms with van der Waals surface area (Å²) in [7, 11) is 0. The molecule has 0 spiro atoms. The molecule has 1 heterocycles. The number of rotatable bonds is 4. The van der Waals surface area contributed by atoms with Crippen molar-refractivity contribution in [2.24, 2.45) is 0 Å². The van der Waals surface area contributed by atoms with Gasteiger partial charge in [0.25, 0.3) is 5.69 Å². The summed E-state index contributed by atoms with van der Waals surface area (Å²) >= 11 is 6.10. The number of ether oxygens (including phenoxy) is 1. The van der Waals surface area contributed by atoms with Crippen molar-refractivity contribution < 1.29 is 24.0 Å². The summed E-state index contributed by atoms with van der Waals surface area (Å²) in [4.78, 5) is 26.6. The van der Waals surface area contributed by atoms with Gasteiger partial charge in [-0.15, -0.1) is 0 Å². The zero-order chi connectivity index (χ0) is 23.2. The van der Waals surface area contributed by atoms with Crippen LogP contribution in [0.15, 0.2) is 30.5 Å². The zero-order valence-corrected chi connectivity index (χ0v) is 18.3. The Bertz CT molecular complexity index is 1040. The second kappa shape index (κ2) is 7.72. The van der Waals surface area contributed by atoms with Gasteiger partial charge in [0.15, 0.2) is 0 Å². The first kappa shape index (κ1) is 22.9. The Morgan fingerprint density at radius 2 is 2.00 bits per heavy atom. The van der Waals surface area contributed by atoms with Crippen molar-refractivity contribution in [3.63, 3.8) is 0 Å². The minimum absolute atomic E-state index is 0.00319. The minimum atomic E-state index is -1.33. The number of carbonyl (C=O) groups excluding carboxylic acids is 1. The van der Waals surface area contributed by atoms with Gasteiger partial charge < -0.3 is 15.2 Å². The Morgan fingerprint density at radius 1 is 1.35 bits per heavy atom. The number of nitrogens with zero attached hydrogens (tertiary/aromatic N) is 2. The summed E-state index contributed by atoms with van der Waals surface area (Å²) in [6.45, 7) is 6.94. The van der Waals surface area contributed by atoms with E-state index in [1.165, 1.54) is 18.2 Å². The summed E-state index contributed by atoms with van der Waals surface area (Å²) in [5, 5.41) is 23.8. The lowest BCUT2D eigenvalue weighted by Gasteiger charge is -2.51. The number of nitro groups is 1. The van der Waals surface area contributed by atoms with Crippen molar-refractivity contribution in [2.45, 2.75) is 57.3 Å². The largest absolute Gasteiger partial charge is 0.438 e. The number of aliphatic hydroxyl groups is 1. The Balaban J connectivity index is 1.94. The van der Waals surface area contributed by atoms with Gasteiger partial charge in [0.1, 0.15) is 17.6 Å². The Labute approximate surface area is 183 Å². The number of hydrogen-bond donors (Lipinski definition) is 2. The molecule has 0 unspecified atom stereocenters. The van der Waals surface area contributed by atoms with Crippen molar-refractivity contribution in [1.82, 2.24) is 10.3 Å². The van der Waals surface area contributed by atoms with Gasteiger partial charge in [0.2, 0.25) is 0 Å². The van der Waals surface area contributed by atoms with Gasteiger partial charge in [-0.2, -0.15) is 0 Å². The third-order valence-corrected chi connectivity index (χ3v) is 5.16. The SMILES string of the molecule is CC1(O)CC(OC(=O)NC(C)(C)C)(c2ccc(-c3ncc([N+](=O)[O-])cc3Cl)cc2F)C1. The van der Waals surface area contributed by atoms with E-state index in [1.807, 2.05) is 0 Å². The molecule has 0 bridgehead atoms. The second-order valence-electron chi connectivity index (χ2n) is 9.08. The average molecular weight is 452 g/mol. The van der Waals surface area contributed by atoms with Crippen LogP contribution in [0, 0.1) is 15.9 Å². The van der Waals surface area contributed by atoms with Gasteiger partial charge in [-0.25, -0.2) is 14.2 Å². The molecule has 10 heteroatoms. The highest BCUT2D eigenvalue weighted by atomic mass is 35.5. The number of hydrogen-bond acceptors (Lipinski definition) is 6. The van der Waals surface area contributed by atoms with Crippen LogP contribution < -0.4 is 5.32 Å². The smallest absolute Gasteiger partial charge is 0.408 e. The summed E-state index contributed by atoms with van der Waals surface area (Å²) in [6, 6.07) is 5.30. The molecule has 166 valence electrons. The second-order valence-corrected chi connectivity index (χ2v) is 9.49. The highest BCUT2D eigenvalue weighted by molar-refractivity contribution is 6.33.